The fraction of sp³-hybridized carbons (Fsp3) is 0.357. The zero-order valence-electron chi connectivity index (χ0n) is 12.9. The van der Waals surface area contributed by atoms with E-state index < -0.39 is 30.0 Å². The van der Waals surface area contributed by atoms with Crippen molar-refractivity contribution in [3.63, 3.8) is 0 Å². The lowest BCUT2D eigenvalue weighted by molar-refractivity contribution is -0.139. The third kappa shape index (κ3) is 14.8. The number of rotatable bonds is 6. The summed E-state index contributed by atoms with van der Waals surface area (Å²) in [6, 6.07) is 7.73. The van der Waals surface area contributed by atoms with E-state index in [1.54, 1.807) is 0 Å². The van der Waals surface area contributed by atoms with Gasteiger partial charge in [0.05, 0.1) is 6.54 Å². The molecule has 0 unspecified atom stereocenters. The van der Waals surface area contributed by atoms with E-state index in [0.29, 0.717) is 6.42 Å². The van der Waals surface area contributed by atoms with Crippen LogP contribution in [0.25, 0.3) is 0 Å². The number of thiol groups is 1. The minimum absolute atomic E-state index is 0.190. The monoisotopic (exact) mass is 361 g/mol. The predicted molar refractivity (Wildman–Crippen MR) is 91.9 cm³/mol. The van der Waals surface area contributed by atoms with E-state index in [0.717, 1.165) is 5.56 Å². The van der Waals surface area contributed by atoms with Gasteiger partial charge < -0.3 is 32.5 Å². The molecule has 0 saturated heterocycles. The normalized spacial score (nSPS) is 11.7. The van der Waals surface area contributed by atoms with Gasteiger partial charge in [0.15, 0.2) is 0 Å². The molecule has 0 aromatic heterocycles. The van der Waals surface area contributed by atoms with Crippen LogP contribution in [-0.4, -0.2) is 57.6 Å². The van der Waals surface area contributed by atoms with Crippen LogP contribution in [0.2, 0.25) is 0 Å². The van der Waals surface area contributed by atoms with Crippen LogP contribution in [0.1, 0.15) is 5.56 Å². The molecule has 2 atom stereocenters. The fourth-order valence-electron chi connectivity index (χ4n) is 1.03. The van der Waals surface area contributed by atoms with E-state index in [9.17, 15) is 14.4 Å². The van der Waals surface area contributed by atoms with Crippen LogP contribution in [0, 0.1) is 0 Å². The second kappa shape index (κ2) is 14.5. The maximum atomic E-state index is 10.4. The molecule has 9 N–H and O–H groups in total. The lowest BCUT2D eigenvalue weighted by Crippen LogP contribution is -2.32. The highest BCUT2D eigenvalue weighted by molar-refractivity contribution is 7.80. The van der Waals surface area contributed by atoms with Crippen molar-refractivity contribution in [3.8, 4) is 0 Å². The molecule has 24 heavy (non-hydrogen) atoms. The first kappa shape index (κ1) is 24.1. The van der Waals surface area contributed by atoms with Crippen LogP contribution >= 0.6 is 12.6 Å². The van der Waals surface area contributed by atoms with E-state index in [2.05, 4.69) is 18.4 Å². The molecule has 0 aliphatic rings. The van der Waals surface area contributed by atoms with Crippen molar-refractivity contribution in [2.24, 2.45) is 17.2 Å². The van der Waals surface area contributed by atoms with E-state index in [-0.39, 0.29) is 12.3 Å². The first-order valence-electron chi connectivity index (χ1n) is 6.69. The maximum Gasteiger partial charge on any atom is 0.321 e. The molecule has 0 aliphatic heterocycles. The van der Waals surface area contributed by atoms with Gasteiger partial charge in [0.25, 0.3) is 0 Å². The number of aliphatic carboxylic acids is 3. The molecule has 9 nitrogen and oxygen atoms in total. The zero-order valence-corrected chi connectivity index (χ0v) is 13.8. The molecule has 0 amide bonds. The average Bonchev–Trinajstić information content (AvgIpc) is 2.55. The number of hydrogen-bond acceptors (Lipinski definition) is 7. The number of nitrogens with two attached hydrogens (primary N) is 3. The lowest BCUT2D eigenvalue weighted by Gasteiger charge is -2.04. The molecule has 1 aromatic carbocycles. The van der Waals surface area contributed by atoms with Crippen molar-refractivity contribution in [2.75, 3.05) is 12.3 Å². The number of benzene rings is 1. The third-order valence-electron chi connectivity index (χ3n) is 2.30. The molecule has 0 radical (unpaired) electrons. The molecular formula is C14H23N3O6S. The van der Waals surface area contributed by atoms with Crippen molar-refractivity contribution < 1.29 is 29.7 Å². The van der Waals surface area contributed by atoms with Crippen LogP contribution in [0.5, 0.6) is 0 Å². The summed E-state index contributed by atoms with van der Waals surface area (Å²) in [5.74, 6) is -2.74. The summed E-state index contributed by atoms with van der Waals surface area (Å²) in [5, 5.41) is 24.1. The van der Waals surface area contributed by atoms with Gasteiger partial charge in [-0.15, -0.1) is 0 Å². The Balaban J connectivity index is 0. The van der Waals surface area contributed by atoms with Gasteiger partial charge in [-0.25, -0.2) is 0 Å². The molecule has 0 spiro atoms. The smallest absolute Gasteiger partial charge is 0.321 e. The van der Waals surface area contributed by atoms with Crippen molar-refractivity contribution in [2.45, 2.75) is 18.5 Å². The Morgan fingerprint density at radius 1 is 0.958 bits per heavy atom. The first-order chi connectivity index (χ1) is 11.1. The Bertz CT molecular complexity index is 501. The molecule has 1 aromatic rings. The average molecular weight is 361 g/mol. The number of carbonyl (C=O) groups is 3. The van der Waals surface area contributed by atoms with E-state index in [1.807, 2.05) is 30.3 Å². The highest BCUT2D eigenvalue weighted by atomic mass is 32.1. The van der Waals surface area contributed by atoms with Gasteiger partial charge in [-0.05, 0) is 12.0 Å². The van der Waals surface area contributed by atoms with Gasteiger partial charge in [-0.2, -0.15) is 12.6 Å². The fourth-order valence-corrected chi connectivity index (χ4v) is 1.19. The van der Waals surface area contributed by atoms with Crippen LogP contribution in [-0.2, 0) is 20.8 Å². The summed E-state index contributed by atoms with van der Waals surface area (Å²) in [7, 11) is 0. The van der Waals surface area contributed by atoms with E-state index in [4.69, 9.17) is 26.8 Å². The second-order valence-corrected chi connectivity index (χ2v) is 4.72. The van der Waals surface area contributed by atoms with Crippen LogP contribution in [0.3, 0.4) is 0 Å². The van der Waals surface area contributed by atoms with Gasteiger partial charge in [0.1, 0.15) is 12.1 Å². The lowest BCUT2D eigenvalue weighted by atomic mass is 10.1. The highest BCUT2D eigenvalue weighted by Gasteiger charge is 2.10. The molecule has 10 heteroatoms. The molecule has 0 saturated carbocycles. The molecule has 136 valence electrons. The van der Waals surface area contributed by atoms with Gasteiger partial charge in [0, 0.05) is 5.75 Å². The van der Waals surface area contributed by atoms with Crippen molar-refractivity contribution in [1.29, 1.82) is 0 Å². The molecule has 0 fully saturated rings. The Labute approximate surface area is 144 Å². The highest BCUT2D eigenvalue weighted by Crippen LogP contribution is 2.01. The van der Waals surface area contributed by atoms with Crippen LogP contribution in [0.4, 0.5) is 0 Å². The van der Waals surface area contributed by atoms with E-state index in [1.165, 1.54) is 0 Å². The summed E-state index contributed by atoms with van der Waals surface area (Å²) in [6.45, 7) is -0.278. The summed E-state index contributed by atoms with van der Waals surface area (Å²) < 4.78 is 0. The third-order valence-corrected chi connectivity index (χ3v) is 2.70. The Kier molecular flexibility index (Phi) is 14.5. The SMILES string of the molecule is NCC(=O)O.N[C@@H](CS)C(=O)O.N[C@@H](Cc1ccccc1)C(=O)O. The second-order valence-electron chi connectivity index (χ2n) is 4.36. The molecule has 0 aliphatic carbocycles. The molecule has 1 rings (SSSR count). The minimum atomic E-state index is -1.00. The largest absolute Gasteiger partial charge is 0.480 e. The minimum Gasteiger partial charge on any atom is -0.480 e. The number of hydrogen-bond donors (Lipinski definition) is 7. The molecule has 0 bridgehead atoms. The molecular weight excluding hydrogens is 338 g/mol. The summed E-state index contributed by atoms with van der Waals surface area (Å²) in [4.78, 5) is 29.4. The zero-order chi connectivity index (χ0) is 19.1. The van der Waals surface area contributed by atoms with Crippen molar-refractivity contribution in [1.82, 2.24) is 0 Å². The summed E-state index contributed by atoms with van der Waals surface area (Å²) in [5.41, 5.74) is 15.8. The first-order valence-corrected chi connectivity index (χ1v) is 7.32. The summed E-state index contributed by atoms with van der Waals surface area (Å²) in [6.07, 6.45) is 0.385. The molecule has 0 heterocycles. The standard InChI is InChI=1S/C9H11NO2.C3H7NO2S.C2H5NO2/c10-8(9(11)12)6-7-4-2-1-3-5-7;4-2(1-7)3(5)6;3-1-2(4)5/h1-5,8H,6,10H2,(H,11,12);2,7H,1,4H2,(H,5,6);1,3H2,(H,4,5)/t8-;2-;/m00./s1. The van der Waals surface area contributed by atoms with Gasteiger partial charge >= 0.3 is 17.9 Å². The van der Waals surface area contributed by atoms with Crippen LogP contribution in [0.15, 0.2) is 30.3 Å². The van der Waals surface area contributed by atoms with Crippen molar-refractivity contribution in [3.05, 3.63) is 35.9 Å². The summed E-state index contributed by atoms with van der Waals surface area (Å²) >= 11 is 3.65. The Hall–Kier alpha value is -2.14. The topological polar surface area (TPSA) is 190 Å². The number of carboxylic acids is 3. The van der Waals surface area contributed by atoms with Gasteiger partial charge in [0.2, 0.25) is 0 Å². The van der Waals surface area contributed by atoms with Gasteiger partial charge in [-0.3, -0.25) is 14.4 Å². The van der Waals surface area contributed by atoms with E-state index >= 15 is 0 Å². The number of carboxylic acid groups (broad SMARTS) is 3. The van der Waals surface area contributed by atoms with Crippen LogP contribution < -0.4 is 17.2 Å². The van der Waals surface area contributed by atoms with Crippen molar-refractivity contribution >= 4 is 30.5 Å². The maximum absolute atomic E-state index is 10.4. The quantitative estimate of drug-likeness (QED) is 0.311. The predicted octanol–water partition coefficient (Wildman–Crippen LogP) is -1.00. The Morgan fingerprint density at radius 3 is 1.62 bits per heavy atom. The van der Waals surface area contributed by atoms with Gasteiger partial charge in [-0.1, -0.05) is 30.3 Å². The Morgan fingerprint density at radius 2 is 1.38 bits per heavy atom.